The molecule has 1 amide bonds. The van der Waals surface area contributed by atoms with Crippen molar-refractivity contribution < 1.29 is 9.59 Å². The van der Waals surface area contributed by atoms with E-state index in [1.54, 1.807) is 23.1 Å². The number of halogens is 2. The van der Waals surface area contributed by atoms with Gasteiger partial charge < -0.3 is 4.90 Å². The number of hydrogen-bond acceptors (Lipinski definition) is 3. The predicted molar refractivity (Wildman–Crippen MR) is 115 cm³/mol. The van der Waals surface area contributed by atoms with Crippen molar-refractivity contribution in [2.45, 2.75) is 25.8 Å². The zero-order valence-electron chi connectivity index (χ0n) is 15.7. The highest BCUT2D eigenvalue weighted by atomic mass is 35.5. The summed E-state index contributed by atoms with van der Waals surface area (Å²) in [5.41, 5.74) is 0.956. The first-order chi connectivity index (χ1) is 12.7. The second-order valence-corrected chi connectivity index (χ2v) is 8.57. The lowest BCUT2D eigenvalue weighted by Crippen LogP contribution is -2.49. The summed E-state index contributed by atoms with van der Waals surface area (Å²) < 4.78 is 0. The maximum absolute atomic E-state index is 13.1. The van der Waals surface area contributed by atoms with Crippen LogP contribution in [0.3, 0.4) is 0 Å². The van der Waals surface area contributed by atoms with Gasteiger partial charge in [-0.2, -0.15) is 11.8 Å². The molecule has 2 rings (SSSR count). The first-order valence-corrected chi connectivity index (χ1v) is 10.7. The highest BCUT2D eigenvalue weighted by molar-refractivity contribution is 7.99. The third kappa shape index (κ3) is 6.00. The van der Waals surface area contributed by atoms with Gasteiger partial charge in [-0.05, 0) is 49.4 Å². The number of carbonyl (C=O) groups excluding carboxylic acids is 2. The first kappa shape index (κ1) is 21.8. The number of rotatable bonds is 8. The molecule has 2 aromatic carbocycles. The molecule has 0 heterocycles. The Morgan fingerprint density at radius 3 is 2.19 bits per heavy atom. The molecule has 0 atom stereocenters. The summed E-state index contributed by atoms with van der Waals surface area (Å²) in [5.74, 6) is 0.253. The molecular weight excluding hydrogens is 401 g/mol. The number of ketones is 1. The number of hydrogen-bond donors (Lipinski definition) is 0. The van der Waals surface area contributed by atoms with E-state index in [9.17, 15) is 9.59 Å². The van der Waals surface area contributed by atoms with Crippen LogP contribution in [0.15, 0.2) is 48.5 Å². The van der Waals surface area contributed by atoms with Gasteiger partial charge >= 0.3 is 0 Å². The molecule has 2 aromatic rings. The van der Waals surface area contributed by atoms with E-state index < -0.39 is 5.54 Å². The van der Waals surface area contributed by atoms with E-state index >= 15 is 0 Å². The van der Waals surface area contributed by atoms with Gasteiger partial charge in [-0.1, -0.05) is 53.5 Å². The first-order valence-electron chi connectivity index (χ1n) is 8.55. The molecule has 0 radical (unpaired) electrons. The Hall–Kier alpha value is -1.49. The van der Waals surface area contributed by atoms with Crippen LogP contribution < -0.4 is 0 Å². The minimum atomic E-state index is -0.742. The van der Waals surface area contributed by atoms with Crippen LogP contribution >= 0.6 is 35.0 Å². The van der Waals surface area contributed by atoms with Gasteiger partial charge in [0.1, 0.15) is 0 Å². The van der Waals surface area contributed by atoms with Crippen molar-refractivity contribution in [3.8, 4) is 0 Å². The second kappa shape index (κ2) is 9.63. The summed E-state index contributed by atoms with van der Waals surface area (Å²) >= 11 is 13.8. The van der Waals surface area contributed by atoms with E-state index in [1.165, 1.54) is 11.8 Å². The number of thioether (sulfide) groups is 1. The smallest absolute Gasteiger partial charge is 0.228 e. The summed E-state index contributed by atoms with van der Waals surface area (Å²) in [7, 11) is 0. The number of amides is 1. The number of benzene rings is 2. The van der Waals surface area contributed by atoms with E-state index in [-0.39, 0.29) is 24.7 Å². The molecule has 0 N–H and O–H groups in total. The fourth-order valence-electron chi connectivity index (χ4n) is 2.91. The predicted octanol–water partition coefficient (Wildman–Crippen LogP) is 5.23. The minimum absolute atomic E-state index is 0.00473. The summed E-state index contributed by atoms with van der Waals surface area (Å²) in [6, 6.07) is 14.7. The van der Waals surface area contributed by atoms with Gasteiger partial charge in [0.2, 0.25) is 5.91 Å². The maximum Gasteiger partial charge on any atom is 0.228 e. The molecule has 27 heavy (non-hydrogen) atoms. The Labute approximate surface area is 175 Å². The molecule has 0 aromatic heterocycles. The third-order valence-electron chi connectivity index (χ3n) is 4.38. The molecule has 3 nitrogen and oxygen atoms in total. The highest BCUT2D eigenvalue weighted by Gasteiger charge is 2.34. The number of nitrogens with zero attached hydrogens (tertiary/aromatic N) is 1. The normalized spacial score (nSPS) is 11.3. The molecule has 0 spiro atoms. The molecule has 0 fully saturated rings. The largest absolute Gasteiger partial charge is 0.326 e. The Balaban J connectivity index is 2.37. The molecule has 0 aliphatic heterocycles. The Kier molecular flexibility index (Phi) is 7.78. The number of carbonyl (C=O) groups is 2. The van der Waals surface area contributed by atoms with Crippen LogP contribution in [0.2, 0.25) is 10.0 Å². The third-order valence-corrected chi connectivity index (χ3v) is 5.43. The molecular formula is C21H23Cl2NO2S. The molecule has 144 valence electrons. The zero-order chi connectivity index (χ0) is 20.0. The molecule has 6 heteroatoms. The van der Waals surface area contributed by atoms with Crippen LogP contribution in [-0.2, 0) is 21.5 Å². The van der Waals surface area contributed by atoms with Crippen molar-refractivity contribution in [2.75, 3.05) is 18.6 Å². The van der Waals surface area contributed by atoms with E-state index in [0.29, 0.717) is 15.8 Å². The van der Waals surface area contributed by atoms with Crippen molar-refractivity contribution >= 4 is 46.7 Å². The van der Waals surface area contributed by atoms with Gasteiger partial charge in [-0.25, -0.2) is 0 Å². The van der Waals surface area contributed by atoms with Gasteiger partial charge in [0.05, 0.1) is 24.3 Å². The second-order valence-electron chi connectivity index (χ2n) is 6.83. The van der Waals surface area contributed by atoms with Crippen LogP contribution in [-0.4, -0.2) is 35.1 Å². The van der Waals surface area contributed by atoms with Gasteiger partial charge in [0, 0.05) is 10.0 Å². The zero-order valence-corrected chi connectivity index (χ0v) is 18.0. The van der Waals surface area contributed by atoms with Crippen LogP contribution in [0.4, 0.5) is 0 Å². The summed E-state index contributed by atoms with van der Waals surface area (Å²) in [6.07, 6.45) is 2.10. The van der Waals surface area contributed by atoms with E-state index in [1.807, 2.05) is 50.4 Å². The Bertz CT molecular complexity index is 789. The summed E-state index contributed by atoms with van der Waals surface area (Å²) in [4.78, 5) is 27.1. The lowest BCUT2D eigenvalue weighted by Gasteiger charge is -2.39. The molecule has 0 bridgehead atoms. The summed E-state index contributed by atoms with van der Waals surface area (Å²) in [5, 5.41) is 0.993. The van der Waals surface area contributed by atoms with Gasteiger partial charge in [0.25, 0.3) is 0 Å². The fraction of sp³-hybridized carbons (Fsp3) is 0.333. The maximum atomic E-state index is 13.1. The topological polar surface area (TPSA) is 37.4 Å². The van der Waals surface area contributed by atoms with Crippen molar-refractivity contribution in [3.05, 3.63) is 69.7 Å². The lowest BCUT2D eigenvalue weighted by atomic mass is 9.91. The van der Waals surface area contributed by atoms with Gasteiger partial charge in [-0.3, -0.25) is 9.59 Å². The summed E-state index contributed by atoms with van der Waals surface area (Å²) in [6.45, 7) is 3.86. The van der Waals surface area contributed by atoms with E-state index in [0.717, 1.165) is 11.1 Å². The van der Waals surface area contributed by atoms with Crippen molar-refractivity contribution in [3.63, 3.8) is 0 Å². The average molecular weight is 424 g/mol. The number of Topliss-reactive ketones (excluding diaryl/α,β-unsaturated/α-hetero) is 1. The molecule has 0 aliphatic carbocycles. The van der Waals surface area contributed by atoms with Crippen molar-refractivity contribution in [1.82, 2.24) is 4.90 Å². The molecule has 0 aliphatic rings. The Morgan fingerprint density at radius 2 is 1.63 bits per heavy atom. The van der Waals surface area contributed by atoms with Gasteiger partial charge in [-0.15, -0.1) is 0 Å². The average Bonchev–Trinajstić information content (AvgIpc) is 2.59. The van der Waals surface area contributed by atoms with Gasteiger partial charge in [0.15, 0.2) is 5.78 Å². The monoisotopic (exact) mass is 423 g/mol. The highest BCUT2D eigenvalue weighted by Crippen LogP contribution is 2.32. The van der Waals surface area contributed by atoms with Crippen molar-refractivity contribution in [2.24, 2.45) is 0 Å². The Morgan fingerprint density at radius 1 is 1.04 bits per heavy atom. The van der Waals surface area contributed by atoms with E-state index in [4.69, 9.17) is 23.2 Å². The standard InChI is InChI=1S/C21H23Cl2NO2S/c1-21(2,16-10-17(22)12-18(23)11-16)24(13-19(25)14-27-3)20(26)9-15-7-5-4-6-8-15/h4-8,10-12H,9,13-14H2,1-3H3. The van der Waals surface area contributed by atoms with Crippen LogP contribution in [0.5, 0.6) is 0 Å². The van der Waals surface area contributed by atoms with Crippen LogP contribution in [0, 0.1) is 0 Å². The fourth-order valence-corrected chi connectivity index (χ4v) is 3.85. The quantitative estimate of drug-likeness (QED) is 0.582. The van der Waals surface area contributed by atoms with Crippen molar-refractivity contribution in [1.29, 1.82) is 0 Å². The molecule has 0 saturated carbocycles. The molecule has 0 saturated heterocycles. The minimum Gasteiger partial charge on any atom is -0.326 e. The van der Waals surface area contributed by atoms with Crippen LogP contribution in [0.1, 0.15) is 25.0 Å². The van der Waals surface area contributed by atoms with Crippen LogP contribution in [0.25, 0.3) is 0 Å². The molecule has 0 unspecified atom stereocenters. The van der Waals surface area contributed by atoms with E-state index in [2.05, 4.69) is 0 Å². The lowest BCUT2D eigenvalue weighted by molar-refractivity contribution is -0.140. The SMILES string of the molecule is CSCC(=O)CN(C(=O)Cc1ccccc1)C(C)(C)c1cc(Cl)cc(Cl)c1.